The first kappa shape index (κ1) is 62.2. The average Bonchev–Trinajstić information content (AvgIpc) is 2.33. The quantitative estimate of drug-likeness (QED) is 0.0376. The molecule has 458 valence electrons. The van der Waals surface area contributed by atoms with Gasteiger partial charge in [0.2, 0.25) is 44.4 Å². The Kier molecular flexibility index (Phi) is 24.2. The Bertz CT molecular complexity index is 2490. The van der Waals surface area contributed by atoms with Crippen molar-refractivity contribution in [2.24, 2.45) is 0 Å². The Balaban J connectivity index is 1.25. The summed E-state index contributed by atoms with van der Waals surface area (Å²) in [5.41, 5.74) is 7.22. The largest absolute Gasteiger partial charge is 0.502 e. The number of phenolic OH excluding ortho intramolecular Hbond substituents is 3. The smallest absolute Gasteiger partial charge is 0.231 e. The molecule has 3 N–H and O–H groups in total. The van der Waals surface area contributed by atoms with Gasteiger partial charge in [-0.15, -0.1) is 0 Å². The zero-order valence-electron chi connectivity index (χ0n) is 51.6. The van der Waals surface area contributed by atoms with E-state index in [0.29, 0.717) is 46.0 Å². The molecule has 11 nitrogen and oxygen atoms in total. The van der Waals surface area contributed by atoms with Gasteiger partial charge in [-0.25, -0.2) is 0 Å². The molecule has 4 aromatic carbocycles. The maximum Gasteiger partial charge on any atom is 0.231 e. The van der Waals surface area contributed by atoms with Gasteiger partial charge in [0.1, 0.15) is 11.5 Å². The minimum atomic E-state index is -0.358. The third-order valence-corrected chi connectivity index (χ3v) is 19.0. The standard InChI is InChI=1S/C72H104O11/c1-5-9-13-17-21-25-29-33-37-50-54-41-55-51(38-34-30-26-22-18-14-10-6-2)57-43-59-53(40-36-32-28-24-20-16-12-8-4)61-44-60-52(39-35-31-27-23-19-15-11-7-3)58-42-56(50)67-64(73)69(58)80-48-82-71(60)66(75)72(61)83-49-81-70(59)65(74)68(57)79-47-77-63(55)45-62(54)76-46-78-67/h41-45,50-53,73-75H,5-40,46-49H2,1-4H3. The van der Waals surface area contributed by atoms with E-state index < -0.39 is 0 Å². The van der Waals surface area contributed by atoms with Crippen LogP contribution in [0.1, 0.15) is 327 Å². The molecule has 83 heavy (non-hydrogen) atoms. The van der Waals surface area contributed by atoms with E-state index in [1.165, 1.54) is 128 Å². The molecular formula is C72H104O11. The lowest BCUT2D eigenvalue weighted by Crippen LogP contribution is -2.23. The zero-order chi connectivity index (χ0) is 57.8. The molecule has 9 rings (SSSR count). The number of benzene rings is 4. The first-order valence-electron chi connectivity index (χ1n) is 33.8. The lowest BCUT2D eigenvalue weighted by molar-refractivity contribution is 0.0889. The van der Waals surface area contributed by atoms with Gasteiger partial charge in [-0.2, -0.15) is 0 Å². The molecule has 0 saturated carbocycles. The lowest BCUT2D eigenvalue weighted by Gasteiger charge is -2.35. The molecular weight excluding hydrogens is 1040 g/mol. The predicted octanol–water partition coefficient (Wildman–Crippen LogP) is 20.7. The van der Waals surface area contributed by atoms with Crippen molar-refractivity contribution in [1.29, 1.82) is 0 Å². The van der Waals surface area contributed by atoms with Crippen molar-refractivity contribution in [3.8, 4) is 63.2 Å². The molecule has 0 saturated heterocycles. The maximum atomic E-state index is 12.9. The van der Waals surface area contributed by atoms with Gasteiger partial charge < -0.3 is 53.2 Å². The van der Waals surface area contributed by atoms with E-state index in [1.807, 2.05) is 0 Å². The SMILES string of the molecule is CCCCCCCCCCC1c2cc3c4cc2OCOc2c1cc1c(c2O)OCOc2c(cc5c(c2O)OCOc2c(cc(c(c2O)OCO4)C3CCCCCCCCCC)C5CCCCCCCCCC)C1CCCCCCCCCC. The van der Waals surface area contributed by atoms with Crippen LogP contribution in [0.4, 0.5) is 0 Å². The van der Waals surface area contributed by atoms with Crippen molar-refractivity contribution in [3.05, 3.63) is 74.8 Å². The Morgan fingerprint density at radius 1 is 0.253 bits per heavy atom. The van der Waals surface area contributed by atoms with Gasteiger partial charge in [-0.05, 0) is 49.9 Å². The van der Waals surface area contributed by atoms with E-state index in [2.05, 4.69) is 58.0 Å². The summed E-state index contributed by atoms with van der Waals surface area (Å²) in [6.07, 6.45) is 40.5. The number of unbranched alkanes of at least 4 members (excludes halogenated alkanes) is 28. The topological polar surface area (TPSA) is 135 Å². The lowest BCUT2D eigenvalue weighted by atomic mass is 9.75. The molecule has 4 atom stereocenters. The summed E-state index contributed by atoms with van der Waals surface area (Å²) < 4.78 is 53.0. The minimum absolute atomic E-state index is 0.0536. The number of rotatable bonds is 36. The summed E-state index contributed by atoms with van der Waals surface area (Å²) in [5.74, 6) is 2.02. The van der Waals surface area contributed by atoms with E-state index >= 15 is 0 Å². The van der Waals surface area contributed by atoms with Gasteiger partial charge in [0.15, 0.2) is 34.5 Å². The molecule has 4 aliphatic heterocycles. The summed E-state index contributed by atoms with van der Waals surface area (Å²) in [7, 11) is 0. The fourth-order valence-electron chi connectivity index (χ4n) is 14.3. The average molecular weight is 1150 g/mol. The first-order valence-corrected chi connectivity index (χ1v) is 33.8. The fraction of sp³-hybridized carbons (Fsp3) is 0.667. The van der Waals surface area contributed by atoms with Gasteiger partial charge in [0.05, 0.1) is 0 Å². The number of ether oxygens (including phenoxy) is 8. The van der Waals surface area contributed by atoms with Gasteiger partial charge in [-0.3, -0.25) is 0 Å². The fourth-order valence-corrected chi connectivity index (χ4v) is 14.3. The molecule has 8 bridgehead atoms. The second-order valence-corrected chi connectivity index (χ2v) is 25.0. The summed E-state index contributed by atoms with van der Waals surface area (Å²) in [6.45, 7) is 8.26. The normalized spacial score (nSPS) is 17.9. The van der Waals surface area contributed by atoms with Crippen LogP contribution in [-0.2, 0) is 0 Å². The second kappa shape index (κ2) is 32.3. The van der Waals surface area contributed by atoms with Gasteiger partial charge >= 0.3 is 0 Å². The maximum absolute atomic E-state index is 12.9. The third kappa shape index (κ3) is 15.4. The first-order chi connectivity index (χ1) is 40.9. The van der Waals surface area contributed by atoms with Gasteiger partial charge in [0, 0.05) is 74.2 Å². The van der Waals surface area contributed by atoms with Crippen LogP contribution in [0.15, 0.2) is 30.3 Å². The van der Waals surface area contributed by atoms with Crippen molar-refractivity contribution in [2.75, 3.05) is 27.2 Å². The van der Waals surface area contributed by atoms with E-state index in [4.69, 9.17) is 37.9 Å². The molecule has 11 heteroatoms. The van der Waals surface area contributed by atoms with Gasteiger partial charge in [0.25, 0.3) is 0 Å². The summed E-state index contributed by atoms with van der Waals surface area (Å²) in [5, 5.41) is 38.7. The van der Waals surface area contributed by atoms with Crippen molar-refractivity contribution < 1.29 is 53.2 Å². The van der Waals surface area contributed by atoms with E-state index in [1.54, 1.807) is 0 Å². The van der Waals surface area contributed by atoms with Crippen LogP contribution >= 0.6 is 0 Å². The minimum Gasteiger partial charge on any atom is -0.502 e. The van der Waals surface area contributed by atoms with Crippen LogP contribution in [0.2, 0.25) is 0 Å². The number of phenols is 3. The van der Waals surface area contributed by atoms with Gasteiger partial charge in [-0.1, -0.05) is 233 Å². The van der Waals surface area contributed by atoms with Crippen LogP contribution in [-0.4, -0.2) is 42.5 Å². The molecule has 4 heterocycles. The Labute approximate surface area is 498 Å². The van der Waals surface area contributed by atoms with Crippen LogP contribution in [0.25, 0.3) is 0 Å². The monoisotopic (exact) mass is 1140 g/mol. The van der Waals surface area contributed by atoms with Crippen molar-refractivity contribution >= 4 is 0 Å². The number of hydrogen-bond acceptors (Lipinski definition) is 11. The molecule has 0 fully saturated rings. The molecule has 4 unspecified atom stereocenters. The Hall–Kier alpha value is -5.32. The van der Waals surface area contributed by atoms with E-state index in [-0.39, 0.29) is 68.1 Å². The Morgan fingerprint density at radius 2 is 0.446 bits per heavy atom. The summed E-state index contributed by atoms with van der Waals surface area (Å²) in [4.78, 5) is 0. The van der Waals surface area contributed by atoms with Crippen LogP contribution in [0, 0.1) is 0 Å². The highest BCUT2D eigenvalue weighted by atomic mass is 16.7. The highest BCUT2D eigenvalue weighted by Crippen LogP contribution is 2.60. The number of hydrogen-bond donors (Lipinski definition) is 3. The van der Waals surface area contributed by atoms with Crippen molar-refractivity contribution in [3.63, 3.8) is 0 Å². The molecule has 5 aliphatic rings. The molecule has 0 aromatic heterocycles. The van der Waals surface area contributed by atoms with Crippen molar-refractivity contribution in [1.82, 2.24) is 0 Å². The van der Waals surface area contributed by atoms with Crippen LogP contribution in [0.5, 0.6) is 63.2 Å². The zero-order valence-corrected chi connectivity index (χ0v) is 51.6. The number of aromatic hydroxyl groups is 3. The van der Waals surface area contributed by atoms with Crippen LogP contribution < -0.4 is 37.9 Å². The summed E-state index contributed by atoms with van der Waals surface area (Å²) >= 11 is 0. The molecule has 0 amide bonds. The highest BCUT2D eigenvalue weighted by molar-refractivity contribution is 5.71. The molecule has 1 aliphatic carbocycles. The predicted molar refractivity (Wildman–Crippen MR) is 332 cm³/mol. The van der Waals surface area contributed by atoms with Crippen molar-refractivity contribution in [2.45, 2.75) is 283 Å². The highest BCUT2D eigenvalue weighted by Gasteiger charge is 2.41. The molecule has 0 spiro atoms. The van der Waals surface area contributed by atoms with Crippen LogP contribution in [0.3, 0.4) is 0 Å². The van der Waals surface area contributed by atoms with E-state index in [9.17, 15) is 15.3 Å². The molecule has 0 radical (unpaired) electrons. The Morgan fingerprint density at radius 3 is 0.687 bits per heavy atom. The third-order valence-electron chi connectivity index (χ3n) is 19.0. The second-order valence-electron chi connectivity index (χ2n) is 25.0. The molecule has 4 aromatic rings. The summed E-state index contributed by atoms with van der Waals surface area (Å²) in [6, 6.07) is 11.2. The van der Waals surface area contributed by atoms with E-state index in [0.717, 1.165) is 147 Å².